The first-order chi connectivity index (χ1) is 9.93. The van der Waals surface area contributed by atoms with Crippen molar-refractivity contribution in [3.05, 3.63) is 29.3 Å². The maximum absolute atomic E-state index is 11.8. The maximum Gasteiger partial charge on any atom is 0.321 e. The average Bonchev–Trinajstić information content (AvgIpc) is 2.48. The van der Waals surface area contributed by atoms with Crippen LogP contribution in [0, 0.1) is 0 Å². The number of nitrogens with one attached hydrogen (secondary N) is 2. The summed E-state index contributed by atoms with van der Waals surface area (Å²) in [6.07, 6.45) is 0. The Morgan fingerprint density at radius 2 is 1.95 bits per heavy atom. The van der Waals surface area contributed by atoms with Gasteiger partial charge in [-0.3, -0.25) is 15.0 Å². The molecule has 116 valence electrons. The molecule has 0 aliphatic carbocycles. The quantitative estimate of drug-likeness (QED) is 0.835. The number of hydrogen-bond donors (Lipinski definition) is 2. The number of urea groups is 1. The lowest BCUT2D eigenvalue weighted by molar-refractivity contribution is -0.124. The minimum atomic E-state index is -0.516. The Morgan fingerprint density at radius 1 is 1.33 bits per heavy atom. The summed E-state index contributed by atoms with van der Waals surface area (Å²) >= 11 is 5.79. The van der Waals surface area contributed by atoms with Gasteiger partial charge in [0.2, 0.25) is 5.91 Å². The van der Waals surface area contributed by atoms with Gasteiger partial charge in [-0.1, -0.05) is 11.6 Å². The van der Waals surface area contributed by atoms with Crippen LogP contribution in [0.3, 0.4) is 0 Å². The minimum Gasteiger partial charge on any atom is -0.492 e. The molecule has 2 N–H and O–H groups in total. The summed E-state index contributed by atoms with van der Waals surface area (Å²) < 4.78 is 5.55. The summed E-state index contributed by atoms with van der Waals surface area (Å²) in [5, 5.41) is 5.22. The normalized spacial score (nSPS) is 11.9. The molecule has 0 spiro atoms. The Labute approximate surface area is 129 Å². The lowest BCUT2D eigenvalue weighted by atomic mass is 10.3. The summed E-state index contributed by atoms with van der Waals surface area (Å²) in [5.41, 5.74) is 0. The van der Waals surface area contributed by atoms with Gasteiger partial charge in [-0.05, 0) is 38.2 Å². The van der Waals surface area contributed by atoms with Crippen molar-refractivity contribution in [2.45, 2.75) is 13.0 Å². The van der Waals surface area contributed by atoms with Gasteiger partial charge in [-0.25, -0.2) is 4.79 Å². The van der Waals surface area contributed by atoms with E-state index < -0.39 is 12.1 Å². The molecule has 1 aromatic rings. The van der Waals surface area contributed by atoms with E-state index in [2.05, 4.69) is 10.6 Å². The zero-order chi connectivity index (χ0) is 15.8. The summed E-state index contributed by atoms with van der Waals surface area (Å²) in [6, 6.07) is 6.11. The topological polar surface area (TPSA) is 70.7 Å². The number of carbonyl (C=O) groups excluding carboxylic acids is 2. The van der Waals surface area contributed by atoms with Crippen LogP contribution in [0.4, 0.5) is 4.79 Å². The fraction of sp³-hybridized carbons (Fsp3) is 0.429. The molecule has 1 atom stereocenters. The third-order valence-corrected chi connectivity index (χ3v) is 3.28. The van der Waals surface area contributed by atoms with Crippen LogP contribution in [0.25, 0.3) is 0 Å². The van der Waals surface area contributed by atoms with Gasteiger partial charge in [0.25, 0.3) is 0 Å². The van der Waals surface area contributed by atoms with Gasteiger partial charge in [0.1, 0.15) is 12.4 Å². The van der Waals surface area contributed by atoms with Crippen LogP contribution in [-0.4, -0.2) is 50.1 Å². The molecule has 1 rings (SSSR count). The van der Waals surface area contributed by atoms with Crippen molar-refractivity contribution in [3.63, 3.8) is 0 Å². The molecule has 0 fully saturated rings. The number of likely N-dealkylation sites (N-methyl/N-ethyl adjacent to an activating group) is 1. The lowest BCUT2D eigenvalue weighted by Gasteiger charge is -2.23. The fourth-order valence-electron chi connectivity index (χ4n) is 1.51. The van der Waals surface area contributed by atoms with Gasteiger partial charge >= 0.3 is 6.03 Å². The lowest BCUT2D eigenvalue weighted by Crippen LogP contribution is -2.48. The van der Waals surface area contributed by atoms with Crippen molar-refractivity contribution in [1.29, 1.82) is 0 Å². The number of halogens is 1. The first-order valence-corrected chi connectivity index (χ1v) is 6.93. The maximum atomic E-state index is 11.8. The number of hydrogen-bond acceptors (Lipinski definition) is 4. The first-order valence-electron chi connectivity index (χ1n) is 6.55. The molecule has 0 radical (unpaired) electrons. The highest BCUT2D eigenvalue weighted by Crippen LogP contribution is 2.15. The SMILES string of the molecule is CNC(=O)NC(=O)[C@H](C)N(C)CCOc1ccc(Cl)cc1. The van der Waals surface area contributed by atoms with E-state index in [1.807, 2.05) is 0 Å². The van der Waals surface area contributed by atoms with E-state index in [1.54, 1.807) is 43.1 Å². The van der Waals surface area contributed by atoms with Crippen LogP contribution < -0.4 is 15.4 Å². The zero-order valence-corrected chi connectivity index (χ0v) is 13.1. The van der Waals surface area contributed by atoms with E-state index in [0.717, 1.165) is 5.75 Å². The molecule has 0 unspecified atom stereocenters. The standard InChI is InChI=1S/C14H20ClN3O3/c1-10(13(19)17-14(20)16-2)18(3)8-9-21-12-6-4-11(15)5-7-12/h4-7,10H,8-9H2,1-3H3,(H2,16,17,19,20)/t10-/m0/s1. The third-order valence-electron chi connectivity index (χ3n) is 3.03. The molecule has 0 aliphatic rings. The van der Waals surface area contributed by atoms with Gasteiger partial charge in [-0.15, -0.1) is 0 Å². The van der Waals surface area contributed by atoms with Crippen LogP contribution in [0.15, 0.2) is 24.3 Å². The van der Waals surface area contributed by atoms with Gasteiger partial charge in [-0.2, -0.15) is 0 Å². The second-order valence-electron chi connectivity index (χ2n) is 4.53. The second-order valence-corrected chi connectivity index (χ2v) is 4.96. The van der Waals surface area contributed by atoms with E-state index in [4.69, 9.17) is 16.3 Å². The Morgan fingerprint density at radius 3 is 2.52 bits per heavy atom. The van der Waals surface area contributed by atoms with Crippen molar-refractivity contribution >= 4 is 23.5 Å². The number of amides is 3. The third kappa shape index (κ3) is 6.01. The van der Waals surface area contributed by atoms with E-state index in [0.29, 0.717) is 18.2 Å². The van der Waals surface area contributed by atoms with E-state index >= 15 is 0 Å². The van der Waals surface area contributed by atoms with Crippen molar-refractivity contribution in [2.75, 3.05) is 27.2 Å². The predicted molar refractivity (Wildman–Crippen MR) is 81.6 cm³/mol. The Balaban J connectivity index is 2.35. The highest BCUT2D eigenvalue weighted by molar-refractivity contribution is 6.30. The number of ether oxygens (including phenoxy) is 1. The van der Waals surface area contributed by atoms with Crippen LogP contribution >= 0.6 is 11.6 Å². The number of benzene rings is 1. The largest absolute Gasteiger partial charge is 0.492 e. The molecule has 0 aromatic heterocycles. The highest BCUT2D eigenvalue weighted by Gasteiger charge is 2.19. The average molecular weight is 314 g/mol. The van der Waals surface area contributed by atoms with Crippen molar-refractivity contribution in [1.82, 2.24) is 15.5 Å². The van der Waals surface area contributed by atoms with E-state index in [-0.39, 0.29) is 5.91 Å². The van der Waals surface area contributed by atoms with E-state index in [9.17, 15) is 9.59 Å². The monoisotopic (exact) mass is 313 g/mol. The van der Waals surface area contributed by atoms with Gasteiger partial charge in [0.15, 0.2) is 0 Å². The minimum absolute atomic E-state index is 0.358. The highest BCUT2D eigenvalue weighted by atomic mass is 35.5. The van der Waals surface area contributed by atoms with Crippen molar-refractivity contribution in [3.8, 4) is 5.75 Å². The molecule has 0 heterocycles. The molecule has 3 amide bonds. The van der Waals surface area contributed by atoms with Gasteiger partial charge in [0.05, 0.1) is 6.04 Å². The molecule has 6 nitrogen and oxygen atoms in total. The molecule has 0 saturated heterocycles. The van der Waals surface area contributed by atoms with E-state index in [1.165, 1.54) is 7.05 Å². The molecule has 0 aliphatic heterocycles. The predicted octanol–water partition coefficient (Wildman–Crippen LogP) is 1.49. The summed E-state index contributed by atoms with van der Waals surface area (Å²) in [6.45, 7) is 2.70. The number of nitrogens with zero attached hydrogens (tertiary/aromatic N) is 1. The smallest absolute Gasteiger partial charge is 0.321 e. The number of carbonyl (C=O) groups is 2. The molecular formula is C14H20ClN3O3. The van der Waals surface area contributed by atoms with Gasteiger partial charge in [0, 0.05) is 18.6 Å². The Kier molecular flexibility index (Phi) is 6.98. The summed E-state index contributed by atoms with van der Waals surface area (Å²) in [5.74, 6) is 0.360. The molecule has 0 bridgehead atoms. The Bertz CT molecular complexity index is 479. The molecule has 1 aromatic carbocycles. The molecule has 21 heavy (non-hydrogen) atoms. The van der Waals surface area contributed by atoms with Crippen molar-refractivity contribution in [2.24, 2.45) is 0 Å². The molecule has 0 saturated carbocycles. The van der Waals surface area contributed by atoms with Crippen LogP contribution in [0.2, 0.25) is 5.02 Å². The summed E-state index contributed by atoms with van der Waals surface area (Å²) in [4.78, 5) is 24.6. The molecular weight excluding hydrogens is 294 g/mol. The van der Waals surface area contributed by atoms with Crippen LogP contribution in [-0.2, 0) is 4.79 Å². The van der Waals surface area contributed by atoms with Crippen LogP contribution in [0.1, 0.15) is 6.92 Å². The summed E-state index contributed by atoms with van der Waals surface area (Å²) in [7, 11) is 3.25. The number of imide groups is 1. The first kappa shape index (κ1) is 17.3. The second kappa shape index (κ2) is 8.49. The van der Waals surface area contributed by atoms with Gasteiger partial charge < -0.3 is 10.1 Å². The fourth-order valence-corrected chi connectivity index (χ4v) is 1.64. The zero-order valence-electron chi connectivity index (χ0n) is 12.4. The van der Waals surface area contributed by atoms with Crippen molar-refractivity contribution < 1.29 is 14.3 Å². The Hall–Kier alpha value is -1.79. The van der Waals surface area contributed by atoms with Crippen LogP contribution in [0.5, 0.6) is 5.75 Å². The molecule has 7 heteroatoms. The number of rotatable bonds is 6.